The van der Waals surface area contributed by atoms with Gasteiger partial charge < -0.3 is 24.6 Å². The van der Waals surface area contributed by atoms with Crippen molar-refractivity contribution in [1.82, 2.24) is 15.1 Å². The zero-order valence-corrected chi connectivity index (χ0v) is 14.4. The van der Waals surface area contributed by atoms with Crippen molar-refractivity contribution in [3.05, 3.63) is 0 Å². The van der Waals surface area contributed by atoms with Crippen LogP contribution in [0.25, 0.3) is 0 Å². The molecule has 2 heterocycles. The standard InChI is InChI=1S/C16H32N4O2/c1-17-15(18-7-4-8-19(2)10-12-21-3)20-9-5-16(13-20)6-11-22-14-16/h4-14H2,1-3H3,(H,17,18). The van der Waals surface area contributed by atoms with Crippen LogP contribution in [-0.2, 0) is 9.47 Å². The maximum absolute atomic E-state index is 5.60. The summed E-state index contributed by atoms with van der Waals surface area (Å²) in [6, 6.07) is 0. The molecule has 2 aliphatic heterocycles. The van der Waals surface area contributed by atoms with Crippen LogP contribution < -0.4 is 5.32 Å². The first-order valence-corrected chi connectivity index (χ1v) is 8.40. The summed E-state index contributed by atoms with van der Waals surface area (Å²) in [7, 11) is 5.76. The van der Waals surface area contributed by atoms with E-state index in [9.17, 15) is 0 Å². The highest BCUT2D eigenvalue weighted by atomic mass is 16.5. The second-order valence-corrected chi connectivity index (χ2v) is 6.60. The van der Waals surface area contributed by atoms with Gasteiger partial charge in [0.1, 0.15) is 0 Å². The molecule has 1 atom stereocenters. The highest BCUT2D eigenvalue weighted by Crippen LogP contribution is 2.38. The van der Waals surface area contributed by atoms with Crippen molar-refractivity contribution in [3.8, 4) is 0 Å². The minimum atomic E-state index is 0.387. The van der Waals surface area contributed by atoms with Crippen molar-refractivity contribution in [2.24, 2.45) is 10.4 Å². The van der Waals surface area contributed by atoms with Gasteiger partial charge in [-0.25, -0.2) is 0 Å². The van der Waals surface area contributed by atoms with Crippen molar-refractivity contribution >= 4 is 5.96 Å². The Balaban J connectivity index is 1.66. The first-order valence-electron chi connectivity index (χ1n) is 8.40. The lowest BCUT2D eigenvalue weighted by Crippen LogP contribution is -2.42. The Kier molecular flexibility index (Phi) is 6.92. The van der Waals surface area contributed by atoms with E-state index in [1.807, 2.05) is 7.05 Å². The van der Waals surface area contributed by atoms with Gasteiger partial charge in [-0.15, -0.1) is 0 Å². The molecule has 0 aromatic heterocycles. The summed E-state index contributed by atoms with van der Waals surface area (Å²) in [6.45, 7) is 7.84. The van der Waals surface area contributed by atoms with Crippen LogP contribution in [0.3, 0.4) is 0 Å². The summed E-state index contributed by atoms with van der Waals surface area (Å²) in [5.74, 6) is 1.04. The molecule has 2 aliphatic rings. The van der Waals surface area contributed by atoms with Crippen LogP contribution in [-0.4, -0.2) is 89.5 Å². The van der Waals surface area contributed by atoms with E-state index < -0.39 is 0 Å². The molecule has 1 spiro atoms. The lowest BCUT2D eigenvalue weighted by Gasteiger charge is -2.25. The Labute approximate surface area is 134 Å². The lowest BCUT2D eigenvalue weighted by molar-refractivity contribution is 0.156. The number of likely N-dealkylation sites (N-methyl/N-ethyl adjacent to an activating group) is 1. The van der Waals surface area contributed by atoms with E-state index in [2.05, 4.69) is 27.2 Å². The Morgan fingerprint density at radius 2 is 2.27 bits per heavy atom. The summed E-state index contributed by atoms with van der Waals surface area (Å²) in [5.41, 5.74) is 0.387. The third-order valence-electron chi connectivity index (χ3n) is 4.81. The summed E-state index contributed by atoms with van der Waals surface area (Å²) < 4.78 is 10.7. The molecule has 2 rings (SSSR count). The number of hydrogen-bond acceptors (Lipinski definition) is 4. The second kappa shape index (κ2) is 8.70. The number of nitrogens with zero attached hydrogens (tertiary/aromatic N) is 3. The topological polar surface area (TPSA) is 49.3 Å². The van der Waals surface area contributed by atoms with Gasteiger partial charge in [-0.1, -0.05) is 0 Å². The average Bonchev–Trinajstić information content (AvgIpc) is 3.16. The molecule has 0 bridgehead atoms. The first-order chi connectivity index (χ1) is 10.7. The molecule has 6 heteroatoms. The van der Waals surface area contributed by atoms with E-state index in [0.717, 1.165) is 64.9 Å². The second-order valence-electron chi connectivity index (χ2n) is 6.60. The van der Waals surface area contributed by atoms with Crippen molar-refractivity contribution in [1.29, 1.82) is 0 Å². The molecule has 1 N–H and O–H groups in total. The van der Waals surface area contributed by atoms with Gasteiger partial charge >= 0.3 is 0 Å². The predicted octanol–water partition coefficient (Wildman–Crippen LogP) is 0.643. The SMILES string of the molecule is CN=C(NCCCN(C)CCOC)N1CCC2(CCOC2)C1. The molecule has 2 saturated heterocycles. The molecule has 128 valence electrons. The number of hydrogen-bond donors (Lipinski definition) is 1. The van der Waals surface area contributed by atoms with Crippen LogP contribution in [0, 0.1) is 5.41 Å². The summed E-state index contributed by atoms with van der Waals surface area (Å²) in [4.78, 5) is 9.14. The van der Waals surface area contributed by atoms with E-state index in [1.54, 1.807) is 7.11 Å². The van der Waals surface area contributed by atoms with Gasteiger partial charge in [0.05, 0.1) is 13.2 Å². The third-order valence-corrected chi connectivity index (χ3v) is 4.81. The van der Waals surface area contributed by atoms with Crippen LogP contribution in [0.5, 0.6) is 0 Å². The van der Waals surface area contributed by atoms with Crippen LogP contribution in [0.2, 0.25) is 0 Å². The van der Waals surface area contributed by atoms with Crippen LogP contribution in [0.1, 0.15) is 19.3 Å². The minimum Gasteiger partial charge on any atom is -0.383 e. The number of methoxy groups -OCH3 is 1. The quantitative estimate of drug-likeness (QED) is 0.425. The normalized spacial score (nSPS) is 25.6. The fourth-order valence-corrected chi connectivity index (χ4v) is 3.33. The van der Waals surface area contributed by atoms with E-state index in [1.165, 1.54) is 12.8 Å². The highest BCUT2D eigenvalue weighted by molar-refractivity contribution is 5.80. The van der Waals surface area contributed by atoms with Gasteiger partial charge in [0.2, 0.25) is 0 Å². The van der Waals surface area contributed by atoms with E-state index in [-0.39, 0.29) is 0 Å². The molecular weight excluding hydrogens is 280 g/mol. The summed E-state index contributed by atoms with van der Waals surface area (Å²) >= 11 is 0. The van der Waals surface area contributed by atoms with Gasteiger partial charge in [0.15, 0.2) is 5.96 Å². The van der Waals surface area contributed by atoms with Crippen molar-refractivity contribution < 1.29 is 9.47 Å². The number of ether oxygens (including phenoxy) is 2. The molecule has 22 heavy (non-hydrogen) atoms. The molecule has 0 aliphatic carbocycles. The van der Waals surface area contributed by atoms with E-state index in [4.69, 9.17) is 9.47 Å². The van der Waals surface area contributed by atoms with Gasteiger partial charge in [0, 0.05) is 52.4 Å². The van der Waals surface area contributed by atoms with Crippen LogP contribution in [0.15, 0.2) is 4.99 Å². The molecular formula is C16H32N4O2. The molecule has 1 unspecified atom stereocenters. The molecule has 0 aromatic rings. The zero-order chi connectivity index (χ0) is 15.8. The Morgan fingerprint density at radius 3 is 2.95 bits per heavy atom. The maximum atomic E-state index is 5.60. The molecule has 6 nitrogen and oxygen atoms in total. The fraction of sp³-hybridized carbons (Fsp3) is 0.938. The van der Waals surface area contributed by atoms with E-state index in [0.29, 0.717) is 5.41 Å². The third kappa shape index (κ3) is 4.83. The Morgan fingerprint density at radius 1 is 1.41 bits per heavy atom. The number of rotatable bonds is 7. The van der Waals surface area contributed by atoms with Gasteiger partial charge in [-0.2, -0.15) is 0 Å². The van der Waals surface area contributed by atoms with Gasteiger partial charge in [-0.3, -0.25) is 4.99 Å². The summed E-state index contributed by atoms with van der Waals surface area (Å²) in [5, 5.41) is 3.51. The number of aliphatic imine (C=N–C) groups is 1. The molecule has 0 saturated carbocycles. The summed E-state index contributed by atoms with van der Waals surface area (Å²) in [6.07, 6.45) is 3.54. The predicted molar refractivity (Wildman–Crippen MR) is 89.4 cm³/mol. The number of guanidine groups is 1. The van der Waals surface area contributed by atoms with E-state index >= 15 is 0 Å². The maximum Gasteiger partial charge on any atom is 0.193 e. The molecule has 0 amide bonds. The monoisotopic (exact) mass is 312 g/mol. The fourth-order valence-electron chi connectivity index (χ4n) is 3.33. The van der Waals surface area contributed by atoms with Crippen LogP contribution in [0.4, 0.5) is 0 Å². The molecule has 2 fully saturated rings. The van der Waals surface area contributed by atoms with Crippen LogP contribution >= 0.6 is 0 Å². The van der Waals surface area contributed by atoms with Crippen molar-refractivity contribution in [3.63, 3.8) is 0 Å². The van der Waals surface area contributed by atoms with Crippen molar-refractivity contribution in [2.75, 3.05) is 73.7 Å². The molecule has 0 aromatic carbocycles. The zero-order valence-electron chi connectivity index (χ0n) is 14.4. The van der Waals surface area contributed by atoms with Gasteiger partial charge in [0.25, 0.3) is 0 Å². The smallest absolute Gasteiger partial charge is 0.193 e. The number of nitrogens with one attached hydrogen (secondary N) is 1. The highest BCUT2D eigenvalue weighted by Gasteiger charge is 2.42. The number of likely N-dealkylation sites (tertiary alicyclic amines) is 1. The van der Waals surface area contributed by atoms with Crippen molar-refractivity contribution in [2.45, 2.75) is 19.3 Å². The first kappa shape index (κ1) is 17.5. The molecule has 0 radical (unpaired) electrons. The van der Waals surface area contributed by atoms with Gasteiger partial charge in [-0.05, 0) is 32.9 Å². The lowest BCUT2D eigenvalue weighted by atomic mass is 9.87. The minimum absolute atomic E-state index is 0.387. The Hall–Kier alpha value is -0.850. The largest absolute Gasteiger partial charge is 0.383 e. The average molecular weight is 312 g/mol. The Bertz CT molecular complexity index is 356.